The molecule has 72 heavy (non-hydrogen) atoms. The van der Waals surface area contributed by atoms with E-state index >= 15 is 0 Å². The van der Waals surface area contributed by atoms with Gasteiger partial charge in [-0.2, -0.15) is 0 Å². The highest BCUT2D eigenvalue weighted by molar-refractivity contribution is 6.16. The third kappa shape index (κ3) is 7.90. The van der Waals surface area contributed by atoms with Crippen molar-refractivity contribution >= 4 is 32.6 Å². The maximum absolute atomic E-state index is 5.21. The van der Waals surface area contributed by atoms with E-state index < -0.39 is 0 Å². The SMILES string of the molecule is CC1C(C2C=CC=CC2)=CC(c2ccccc2)CC1c1c2ccccc2c(-c2cc(-c3ccccc3)cc(-c3ccccc3)c2)c2ccc(-c3ccc(-c4nc5ccccc5n4-c4ccccc4)cc3)cc12. The summed E-state index contributed by atoms with van der Waals surface area (Å²) in [5, 5.41) is 5.24. The molecule has 2 aliphatic carbocycles. The summed E-state index contributed by atoms with van der Waals surface area (Å²) in [7, 11) is 0. The summed E-state index contributed by atoms with van der Waals surface area (Å²) < 4.78 is 2.28. The van der Waals surface area contributed by atoms with Gasteiger partial charge in [-0.3, -0.25) is 4.57 Å². The molecule has 0 N–H and O–H groups in total. The smallest absolute Gasteiger partial charge is 0.145 e. The molecule has 2 heteroatoms. The minimum absolute atomic E-state index is 0.259. The lowest BCUT2D eigenvalue weighted by Crippen LogP contribution is -2.25. The van der Waals surface area contributed by atoms with Crippen molar-refractivity contribution in [3.63, 3.8) is 0 Å². The van der Waals surface area contributed by atoms with E-state index in [4.69, 9.17) is 4.98 Å². The van der Waals surface area contributed by atoms with Crippen molar-refractivity contribution in [1.82, 2.24) is 9.55 Å². The molecular formula is C70H54N2. The first-order valence-electron chi connectivity index (χ1n) is 25.6. The van der Waals surface area contributed by atoms with Gasteiger partial charge in [-0.1, -0.05) is 225 Å². The Bertz CT molecular complexity index is 3800. The predicted molar refractivity (Wildman–Crippen MR) is 303 cm³/mol. The van der Waals surface area contributed by atoms with Crippen molar-refractivity contribution in [2.24, 2.45) is 11.8 Å². The first-order chi connectivity index (χ1) is 35.6. The number of allylic oxidation sites excluding steroid dienone is 6. The largest absolute Gasteiger partial charge is 0.292 e. The zero-order chi connectivity index (χ0) is 48.0. The van der Waals surface area contributed by atoms with Crippen LogP contribution in [0, 0.1) is 11.8 Å². The topological polar surface area (TPSA) is 17.8 Å². The Hall–Kier alpha value is -8.59. The predicted octanol–water partition coefficient (Wildman–Crippen LogP) is 18.6. The average Bonchev–Trinajstić information content (AvgIpc) is 3.85. The molecule has 344 valence electrons. The molecule has 0 aliphatic heterocycles. The standard InChI is InChI=1S/C70H54N2/c1-47-63(52-27-13-5-14-28-52)45-57(50-25-11-4-12-26-50)46-64(47)69-61-32-18-17-31-60(61)68(58-42-55(48-21-7-2-8-22-48)41-56(43-58)49-23-9-3-10-24-49)62-40-39-54(44-65(62)69)51-35-37-53(38-36-51)70-71-66-33-19-20-34-67(66)72(70)59-29-15-6-16-30-59/h2-27,29-45,47,52,57,64H,28,46H2,1H3. The molecule has 0 fully saturated rings. The number of nitrogens with zero attached hydrogens (tertiary/aromatic N) is 2. The third-order valence-electron chi connectivity index (χ3n) is 15.6. The van der Waals surface area contributed by atoms with Crippen LogP contribution in [0.25, 0.3) is 94.2 Å². The first-order valence-corrected chi connectivity index (χ1v) is 25.6. The monoisotopic (exact) mass is 922 g/mol. The van der Waals surface area contributed by atoms with E-state index in [1.165, 1.54) is 77.2 Å². The van der Waals surface area contributed by atoms with Crippen LogP contribution >= 0.6 is 0 Å². The molecule has 2 nitrogen and oxygen atoms in total. The molecule has 4 atom stereocenters. The molecular weight excluding hydrogens is 869 g/mol. The van der Waals surface area contributed by atoms with Crippen LogP contribution in [-0.2, 0) is 0 Å². The lowest BCUT2D eigenvalue weighted by Gasteiger charge is -2.39. The lowest BCUT2D eigenvalue weighted by atomic mass is 9.65. The average molecular weight is 923 g/mol. The fourth-order valence-electron chi connectivity index (χ4n) is 12.1. The fraction of sp³-hybridized carbons (Fsp3) is 0.100. The van der Waals surface area contributed by atoms with Gasteiger partial charge in [-0.05, 0) is 150 Å². The highest BCUT2D eigenvalue weighted by Gasteiger charge is 2.36. The van der Waals surface area contributed by atoms with E-state index in [0.717, 1.165) is 41.0 Å². The van der Waals surface area contributed by atoms with E-state index in [-0.39, 0.29) is 5.92 Å². The van der Waals surface area contributed by atoms with Crippen LogP contribution in [0.4, 0.5) is 0 Å². The maximum Gasteiger partial charge on any atom is 0.145 e. The Kier molecular flexibility index (Phi) is 11.2. The molecule has 10 aromatic carbocycles. The van der Waals surface area contributed by atoms with Crippen LogP contribution in [-0.4, -0.2) is 9.55 Å². The molecule has 11 aromatic rings. The lowest BCUT2D eigenvalue weighted by molar-refractivity contribution is 0.415. The Morgan fingerprint density at radius 1 is 0.444 bits per heavy atom. The van der Waals surface area contributed by atoms with Crippen LogP contribution in [0.3, 0.4) is 0 Å². The zero-order valence-corrected chi connectivity index (χ0v) is 40.4. The van der Waals surface area contributed by atoms with E-state index in [0.29, 0.717) is 17.8 Å². The third-order valence-corrected chi connectivity index (χ3v) is 15.6. The maximum atomic E-state index is 5.21. The van der Waals surface area contributed by atoms with Crippen LogP contribution < -0.4 is 0 Å². The number of aromatic nitrogens is 2. The van der Waals surface area contributed by atoms with Gasteiger partial charge in [0.1, 0.15) is 5.82 Å². The normalized spacial score (nSPS) is 17.7. The fourth-order valence-corrected chi connectivity index (χ4v) is 12.1. The molecule has 0 saturated carbocycles. The van der Waals surface area contributed by atoms with E-state index in [2.05, 4.69) is 272 Å². The number of para-hydroxylation sites is 3. The molecule has 0 spiro atoms. The van der Waals surface area contributed by atoms with Gasteiger partial charge in [0.25, 0.3) is 0 Å². The summed E-state index contributed by atoms with van der Waals surface area (Å²) in [5.41, 5.74) is 18.4. The van der Waals surface area contributed by atoms with Crippen LogP contribution in [0.2, 0.25) is 0 Å². The van der Waals surface area contributed by atoms with Crippen LogP contribution in [0.5, 0.6) is 0 Å². The van der Waals surface area contributed by atoms with Gasteiger partial charge >= 0.3 is 0 Å². The molecule has 0 saturated heterocycles. The Morgan fingerprint density at radius 2 is 1.01 bits per heavy atom. The summed E-state index contributed by atoms with van der Waals surface area (Å²) in [5.74, 6) is 2.18. The van der Waals surface area contributed by atoms with E-state index in [9.17, 15) is 0 Å². The number of hydrogen-bond acceptors (Lipinski definition) is 1. The number of benzene rings is 10. The Labute approximate surface area is 422 Å². The first kappa shape index (κ1) is 43.4. The van der Waals surface area contributed by atoms with Gasteiger partial charge in [0.05, 0.1) is 11.0 Å². The minimum Gasteiger partial charge on any atom is -0.292 e. The van der Waals surface area contributed by atoms with E-state index in [1.54, 1.807) is 5.57 Å². The molecule has 1 heterocycles. The second-order valence-corrected chi connectivity index (χ2v) is 19.8. The van der Waals surface area contributed by atoms with Gasteiger partial charge in [0.2, 0.25) is 0 Å². The Balaban J connectivity index is 1.04. The summed E-state index contributed by atoms with van der Waals surface area (Å²) >= 11 is 0. The molecule has 0 radical (unpaired) electrons. The molecule has 2 aliphatic rings. The number of rotatable bonds is 9. The molecule has 1 aromatic heterocycles. The number of hydrogen-bond donors (Lipinski definition) is 0. The number of fused-ring (bicyclic) bond motifs is 3. The molecule has 0 amide bonds. The van der Waals surface area contributed by atoms with Crippen molar-refractivity contribution in [3.05, 3.63) is 278 Å². The van der Waals surface area contributed by atoms with Gasteiger partial charge in [0.15, 0.2) is 0 Å². The van der Waals surface area contributed by atoms with E-state index in [1.807, 2.05) is 0 Å². The van der Waals surface area contributed by atoms with Crippen molar-refractivity contribution < 1.29 is 0 Å². The summed E-state index contributed by atoms with van der Waals surface area (Å²) in [6, 6.07) is 84.9. The second kappa shape index (κ2) is 18.6. The van der Waals surface area contributed by atoms with Gasteiger partial charge < -0.3 is 0 Å². The molecule has 0 bridgehead atoms. The van der Waals surface area contributed by atoms with Crippen LogP contribution in [0.1, 0.15) is 42.7 Å². The minimum atomic E-state index is 0.259. The van der Waals surface area contributed by atoms with Crippen molar-refractivity contribution in [1.29, 1.82) is 0 Å². The molecule has 4 unspecified atom stereocenters. The molecule has 13 rings (SSSR count). The quantitative estimate of drug-likeness (QED) is 0.104. The zero-order valence-electron chi connectivity index (χ0n) is 40.4. The van der Waals surface area contributed by atoms with Crippen molar-refractivity contribution in [2.45, 2.75) is 31.6 Å². The summed E-state index contributed by atoms with van der Waals surface area (Å²) in [6.07, 6.45) is 14.0. The van der Waals surface area contributed by atoms with Crippen LogP contribution in [0.15, 0.2) is 266 Å². The van der Waals surface area contributed by atoms with Crippen molar-refractivity contribution in [2.75, 3.05) is 0 Å². The second-order valence-electron chi connectivity index (χ2n) is 19.8. The highest BCUT2D eigenvalue weighted by Crippen LogP contribution is 2.53. The number of imidazole rings is 1. The Morgan fingerprint density at radius 3 is 1.71 bits per heavy atom. The van der Waals surface area contributed by atoms with Gasteiger partial charge in [-0.25, -0.2) is 4.98 Å². The van der Waals surface area contributed by atoms with Crippen molar-refractivity contribution in [3.8, 4) is 61.6 Å². The van der Waals surface area contributed by atoms with Gasteiger partial charge in [0, 0.05) is 23.1 Å². The summed E-state index contributed by atoms with van der Waals surface area (Å²) in [6.45, 7) is 2.51. The highest BCUT2D eigenvalue weighted by atomic mass is 15.1. The van der Waals surface area contributed by atoms with Gasteiger partial charge in [-0.15, -0.1) is 0 Å². The summed E-state index contributed by atoms with van der Waals surface area (Å²) in [4.78, 5) is 5.21.